The van der Waals surface area contributed by atoms with Crippen molar-refractivity contribution in [3.8, 4) is 0 Å². The Morgan fingerprint density at radius 1 is 1.08 bits per heavy atom. The predicted molar refractivity (Wildman–Crippen MR) is 108 cm³/mol. The van der Waals surface area contributed by atoms with Crippen LogP contribution in [0, 0.1) is 6.92 Å². The highest BCUT2D eigenvalue weighted by molar-refractivity contribution is 6.42. The fourth-order valence-electron chi connectivity index (χ4n) is 2.92. The molecule has 1 fully saturated rings. The maximum atomic E-state index is 6.23. The van der Waals surface area contributed by atoms with Gasteiger partial charge in [-0.3, -0.25) is 4.98 Å². The van der Waals surface area contributed by atoms with Gasteiger partial charge in [-0.15, -0.1) is 12.4 Å². The average Bonchev–Trinajstić information content (AvgIpc) is 2.58. The molecule has 5 heteroatoms. The fraction of sp³-hybridized carbons (Fsp3) is 0.316. The minimum atomic E-state index is 0. The van der Waals surface area contributed by atoms with Crippen molar-refractivity contribution >= 4 is 53.4 Å². The van der Waals surface area contributed by atoms with E-state index in [4.69, 9.17) is 23.2 Å². The molecule has 0 spiro atoms. The van der Waals surface area contributed by atoms with Gasteiger partial charge in [-0.2, -0.15) is 0 Å². The first-order chi connectivity index (χ1) is 11.1. The fourth-order valence-corrected chi connectivity index (χ4v) is 3.29. The molecule has 2 nitrogen and oxygen atoms in total. The second-order valence-corrected chi connectivity index (χ2v) is 6.70. The molecule has 0 saturated carbocycles. The number of halogens is 3. The number of aromatic nitrogens is 1. The van der Waals surface area contributed by atoms with Crippen LogP contribution in [0.1, 0.15) is 36.1 Å². The third-order valence-corrected chi connectivity index (χ3v) is 5.04. The first-order valence-corrected chi connectivity index (χ1v) is 8.74. The van der Waals surface area contributed by atoms with Crippen molar-refractivity contribution < 1.29 is 0 Å². The van der Waals surface area contributed by atoms with Crippen molar-refractivity contribution in [1.82, 2.24) is 4.98 Å². The number of aryl methyl sites for hydroxylation is 1. The van der Waals surface area contributed by atoms with E-state index in [1.165, 1.54) is 30.5 Å². The molecule has 0 amide bonds. The molecule has 24 heavy (non-hydrogen) atoms. The van der Waals surface area contributed by atoms with Gasteiger partial charge >= 0.3 is 0 Å². The molecular weight excluding hydrogens is 363 g/mol. The normalized spacial score (nSPS) is 14.7. The molecule has 0 N–H and O–H groups in total. The Bertz CT molecular complexity index is 723. The minimum Gasteiger partial charge on any atom is -0.371 e. The van der Waals surface area contributed by atoms with Gasteiger partial charge in [-0.25, -0.2) is 0 Å². The van der Waals surface area contributed by atoms with Gasteiger partial charge in [-0.05, 0) is 55.5 Å². The summed E-state index contributed by atoms with van der Waals surface area (Å²) in [6.45, 7) is 4.39. The van der Waals surface area contributed by atoms with Crippen molar-refractivity contribution in [2.24, 2.45) is 0 Å². The Balaban J connectivity index is 0.00000208. The molecule has 0 atom stereocenters. The molecule has 1 aromatic carbocycles. The Kier molecular flexibility index (Phi) is 6.97. The number of benzene rings is 1. The van der Waals surface area contributed by atoms with Crippen LogP contribution < -0.4 is 4.90 Å². The van der Waals surface area contributed by atoms with Gasteiger partial charge in [0.2, 0.25) is 0 Å². The second-order valence-electron chi connectivity index (χ2n) is 5.92. The zero-order chi connectivity index (χ0) is 16.2. The summed E-state index contributed by atoms with van der Waals surface area (Å²) in [6.07, 6.45) is 9.77. The van der Waals surface area contributed by atoms with E-state index < -0.39 is 0 Å². The van der Waals surface area contributed by atoms with Crippen molar-refractivity contribution in [1.29, 1.82) is 0 Å². The monoisotopic (exact) mass is 382 g/mol. The van der Waals surface area contributed by atoms with Gasteiger partial charge in [0.1, 0.15) is 0 Å². The molecule has 0 radical (unpaired) electrons. The van der Waals surface area contributed by atoms with Gasteiger partial charge in [0.25, 0.3) is 0 Å². The summed E-state index contributed by atoms with van der Waals surface area (Å²) in [6, 6.07) is 7.80. The zero-order valence-electron chi connectivity index (χ0n) is 13.6. The Morgan fingerprint density at radius 2 is 1.83 bits per heavy atom. The van der Waals surface area contributed by atoms with E-state index in [1.807, 2.05) is 30.5 Å². The zero-order valence-corrected chi connectivity index (χ0v) is 16.0. The SMILES string of the molecule is Cc1cnc(/C=C/c2cccc(Cl)c2Cl)cc1N1CCCCC1.Cl. The van der Waals surface area contributed by atoms with Crippen molar-refractivity contribution in [2.75, 3.05) is 18.0 Å². The van der Waals surface area contributed by atoms with Crippen molar-refractivity contribution in [3.63, 3.8) is 0 Å². The summed E-state index contributed by atoms with van der Waals surface area (Å²) < 4.78 is 0. The molecule has 0 bridgehead atoms. The van der Waals surface area contributed by atoms with E-state index in [1.54, 1.807) is 6.07 Å². The molecule has 0 unspecified atom stereocenters. The van der Waals surface area contributed by atoms with Gasteiger partial charge in [0.05, 0.1) is 15.7 Å². The first-order valence-electron chi connectivity index (χ1n) is 7.99. The van der Waals surface area contributed by atoms with Crippen LogP contribution in [-0.2, 0) is 0 Å². The van der Waals surface area contributed by atoms with Crippen LogP contribution in [0.4, 0.5) is 5.69 Å². The van der Waals surface area contributed by atoms with E-state index in [0.29, 0.717) is 10.0 Å². The predicted octanol–water partition coefficient (Wildman–Crippen LogP) is 6.28. The van der Waals surface area contributed by atoms with Crippen molar-refractivity contribution in [2.45, 2.75) is 26.2 Å². The molecule has 1 saturated heterocycles. The van der Waals surface area contributed by atoms with Crippen molar-refractivity contribution in [3.05, 3.63) is 57.3 Å². The second kappa shape index (κ2) is 8.75. The molecule has 3 rings (SSSR count). The molecule has 2 heterocycles. The smallest absolute Gasteiger partial charge is 0.0664 e. The van der Waals surface area contributed by atoms with Gasteiger partial charge in [-0.1, -0.05) is 41.4 Å². The molecule has 0 aliphatic carbocycles. The lowest BCUT2D eigenvalue weighted by Gasteiger charge is -2.30. The van der Waals surface area contributed by atoms with E-state index >= 15 is 0 Å². The lowest BCUT2D eigenvalue weighted by molar-refractivity contribution is 0.577. The summed E-state index contributed by atoms with van der Waals surface area (Å²) in [5.74, 6) is 0. The summed E-state index contributed by atoms with van der Waals surface area (Å²) in [4.78, 5) is 6.97. The highest BCUT2D eigenvalue weighted by Crippen LogP contribution is 2.28. The summed E-state index contributed by atoms with van der Waals surface area (Å²) in [5, 5.41) is 1.15. The lowest BCUT2D eigenvalue weighted by Crippen LogP contribution is -2.30. The number of rotatable bonds is 3. The van der Waals surface area contributed by atoms with Crippen LogP contribution in [0.25, 0.3) is 12.2 Å². The Morgan fingerprint density at radius 3 is 2.58 bits per heavy atom. The van der Waals surface area contributed by atoms with E-state index in [0.717, 1.165) is 24.3 Å². The summed E-state index contributed by atoms with van der Waals surface area (Å²) in [5.41, 5.74) is 4.36. The summed E-state index contributed by atoms with van der Waals surface area (Å²) in [7, 11) is 0. The number of piperidine rings is 1. The van der Waals surface area contributed by atoms with Crippen LogP contribution in [0.2, 0.25) is 10.0 Å². The summed E-state index contributed by atoms with van der Waals surface area (Å²) >= 11 is 12.3. The van der Waals surface area contributed by atoms with E-state index in [-0.39, 0.29) is 12.4 Å². The number of anilines is 1. The third kappa shape index (κ3) is 4.44. The molecule has 2 aromatic rings. The molecule has 1 aliphatic heterocycles. The number of hydrogen-bond acceptors (Lipinski definition) is 2. The molecule has 1 aliphatic rings. The number of nitrogens with zero attached hydrogens (tertiary/aromatic N) is 2. The Hall–Kier alpha value is -1.22. The van der Waals surface area contributed by atoms with Gasteiger partial charge < -0.3 is 4.90 Å². The van der Waals surface area contributed by atoms with Crippen LogP contribution in [-0.4, -0.2) is 18.1 Å². The standard InChI is InChI=1S/C19H20Cl2N2.ClH/c1-14-13-22-16(12-18(14)23-10-3-2-4-11-23)9-8-15-6-5-7-17(20)19(15)21;/h5-9,12-13H,2-4,10-11H2,1H3;1H/b9-8+;. The van der Waals surface area contributed by atoms with E-state index in [2.05, 4.69) is 22.9 Å². The molecule has 128 valence electrons. The van der Waals surface area contributed by atoms with E-state index in [9.17, 15) is 0 Å². The topological polar surface area (TPSA) is 16.1 Å². The highest BCUT2D eigenvalue weighted by atomic mass is 35.5. The van der Waals surface area contributed by atoms with Crippen LogP contribution in [0.3, 0.4) is 0 Å². The van der Waals surface area contributed by atoms with Crippen LogP contribution >= 0.6 is 35.6 Å². The number of hydrogen-bond donors (Lipinski definition) is 0. The third-order valence-electron chi connectivity index (χ3n) is 4.21. The molecular formula is C19H21Cl3N2. The maximum Gasteiger partial charge on any atom is 0.0664 e. The maximum absolute atomic E-state index is 6.23. The van der Waals surface area contributed by atoms with Crippen LogP contribution in [0.5, 0.6) is 0 Å². The highest BCUT2D eigenvalue weighted by Gasteiger charge is 2.13. The quantitative estimate of drug-likeness (QED) is 0.620. The van der Waals surface area contributed by atoms with Gasteiger partial charge in [0, 0.05) is 25.0 Å². The molecule has 1 aromatic heterocycles. The minimum absolute atomic E-state index is 0. The Labute approximate surface area is 159 Å². The van der Waals surface area contributed by atoms with Crippen LogP contribution in [0.15, 0.2) is 30.5 Å². The van der Waals surface area contributed by atoms with Gasteiger partial charge in [0.15, 0.2) is 0 Å². The number of pyridine rings is 1. The lowest BCUT2D eigenvalue weighted by atomic mass is 10.1. The average molecular weight is 384 g/mol. The largest absolute Gasteiger partial charge is 0.371 e. The first kappa shape index (κ1) is 19.1.